The predicted molar refractivity (Wildman–Crippen MR) is 123 cm³/mol. The fourth-order valence-electron chi connectivity index (χ4n) is 2.69. The van der Waals surface area contributed by atoms with Crippen LogP contribution in [0, 0.1) is 0 Å². The number of hydrogen-bond donors (Lipinski definition) is 1. The molecule has 0 saturated heterocycles. The van der Waals surface area contributed by atoms with Gasteiger partial charge in [0, 0.05) is 23.9 Å². The van der Waals surface area contributed by atoms with E-state index in [1.54, 1.807) is 30.0 Å². The van der Waals surface area contributed by atoms with Gasteiger partial charge in [0.1, 0.15) is 6.04 Å². The van der Waals surface area contributed by atoms with Crippen LogP contribution in [0.1, 0.15) is 25.0 Å². The van der Waals surface area contributed by atoms with Crippen LogP contribution in [0.25, 0.3) is 0 Å². The molecule has 2 amide bonds. The summed E-state index contributed by atoms with van der Waals surface area (Å²) in [4.78, 5) is 26.9. The summed E-state index contributed by atoms with van der Waals surface area (Å²) >= 11 is 19.7. The number of thioether (sulfide) groups is 1. The topological polar surface area (TPSA) is 49.4 Å². The number of halogens is 3. The second-order valence-electron chi connectivity index (χ2n) is 6.42. The zero-order chi connectivity index (χ0) is 21.4. The number of hydrogen-bond acceptors (Lipinski definition) is 3. The SMILES string of the molecule is CCNC(=O)[C@H](C)N(Cc1ccc(Cl)c(Cl)c1)C(=O)CSCc1ccccc1Cl. The van der Waals surface area contributed by atoms with Gasteiger partial charge in [-0.1, -0.05) is 59.1 Å². The second-order valence-corrected chi connectivity index (χ2v) is 8.63. The van der Waals surface area contributed by atoms with E-state index in [2.05, 4.69) is 5.32 Å². The van der Waals surface area contributed by atoms with Crippen molar-refractivity contribution < 1.29 is 9.59 Å². The van der Waals surface area contributed by atoms with Crippen LogP contribution in [0.2, 0.25) is 15.1 Å². The number of likely N-dealkylation sites (N-methyl/N-ethyl adjacent to an activating group) is 1. The van der Waals surface area contributed by atoms with Crippen molar-refractivity contribution in [3.8, 4) is 0 Å². The van der Waals surface area contributed by atoms with E-state index in [1.165, 1.54) is 11.8 Å². The van der Waals surface area contributed by atoms with Gasteiger partial charge < -0.3 is 10.2 Å². The molecule has 0 unspecified atom stereocenters. The Morgan fingerprint density at radius 2 is 1.79 bits per heavy atom. The van der Waals surface area contributed by atoms with Gasteiger partial charge in [-0.15, -0.1) is 11.8 Å². The van der Waals surface area contributed by atoms with E-state index < -0.39 is 6.04 Å². The van der Waals surface area contributed by atoms with Crippen LogP contribution >= 0.6 is 46.6 Å². The fraction of sp³-hybridized carbons (Fsp3) is 0.333. The lowest BCUT2D eigenvalue weighted by Gasteiger charge is -2.28. The molecule has 0 aromatic heterocycles. The summed E-state index contributed by atoms with van der Waals surface area (Å²) in [5.74, 6) is 0.515. The van der Waals surface area contributed by atoms with Crippen LogP contribution in [0.15, 0.2) is 42.5 Å². The summed E-state index contributed by atoms with van der Waals surface area (Å²) in [6.07, 6.45) is 0. The molecule has 0 saturated carbocycles. The molecule has 0 aliphatic carbocycles. The lowest BCUT2D eigenvalue weighted by atomic mass is 10.1. The zero-order valence-electron chi connectivity index (χ0n) is 16.3. The minimum Gasteiger partial charge on any atom is -0.355 e. The van der Waals surface area contributed by atoms with Crippen molar-refractivity contribution in [2.24, 2.45) is 0 Å². The van der Waals surface area contributed by atoms with Crippen LogP contribution in [-0.2, 0) is 21.9 Å². The van der Waals surface area contributed by atoms with Crippen molar-refractivity contribution in [2.75, 3.05) is 12.3 Å². The second kappa shape index (κ2) is 11.7. The molecule has 8 heteroatoms. The molecule has 2 rings (SSSR count). The van der Waals surface area contributed by atoms with Crippen LogP contribution in [0.5, 0.6) is 0 Å². The third-order valence-electron chi connectivity index (χ3n) is 4.30. The highest BCUT2D eigenvalue weighted by molar-refractivity contribution is 7.99. The molecule has 2 aromatic rings. The fourth-order valence-corrected chi connectivity index (χ4v) is 4.20. The minimum atomic E-state index is -0.613. The molecule has 29 heavy (non-hydrogen) atoms. The average molecular weight is 474 g/mol. The number of amides is 2. The molecular weight excluding hydrogens is 451 g/mol. The van der Waals surface area contributed by atoms with E-state index in [9.17, 15) is 9.59 Å². The van der Waals surface area contributed by atoms with Crippen molar-refractivity contribution in [1.29, 1.82) is 0 Å². The maximum Gasteiger partial charge on any atom is 0.242 e. The Morgan fingerprint density at radius 1 is 1.07 bits per heavy atom. The standard InChI is InChI=1S/C21H23Cl3N2O2S/c1-3-25-21(28)14(2)26(11-15-8-9-18(23)19(24)10-15)20(27)13-29-12-16-6-4-5-7-17(16)22/h4-10,14H,3,11-13H2,1-2H3,(H,25,28)/t14-/m0/s1. The maximum absolute atomic E-state index is 13.0. The smallest absolute Gasteiger partial charge is 0.242 e. The van der Waals surface area contributed by atoms with Crippen molar-refractivity contribution in [3.63, 3.8) is 0 Å². The van der Waals surface area contributed by atoms with Gasteiger partial charge in [-0.2, -0.15) is 0 Å². The van der Waals surface area contributed by atoms with Crippen LogP contribution in [0.3, 0.4) is 0 Å². The zero-order valence-corrected chi connectivity index (χ0v) is 19.3. The molecule has 1 atom stereocenters. The average Bonchev–Trinajstić information content (AvgIpc) is 2.69. The molecule has 4 nitrogen and oxygen atoms in total. The number of carbonyl (C=O) groups is 2. The van der Waals surface area contributed by atoms with E-state index in [1.807, 2.05) is 31.2 Å². The quantitative estimate of drug-likeness (QED) is 0.528. The Bertz CT molecular complexity index is 864. The first-order valence-electron chi connectivity index (χ1n) is 9.15. The Labute approximate surface area is 190 Å². The van der Waals surface area contributed by atoms with E-state index in [0.29, 0.717) is 27.4 Å². The van der Waals surface area contributed by atoms with E-state index in [0.717, 1.165) is 11.1 Å². The summed E-state index contributed by atoms with van der Waals surface area (Å²) in [5, 5.41) is 4.31. The number of nitrogens with zero attached hydrogens (tertiary/aromatic N) is 1. The number of rotatable bonds is 9. The molecule has 2 aromatic carbocycles. The monoisotopic (exact) mass is 472 g/mol. The molecule has 0 spiro atoms. The molecule has 156 valence electrons. The molecule has 0 heterocycles. The Morgan fingerprint density at radius 3 is 2.45 bits per heavy atom. The van der Waals surface area contributed by atoms with Gasteiger partial charge in [0.15, 0.2) is 0 Å². The van der Waals surface area contributed by atoms with Crippen LogP contribution in [-0.4, -0.2) is 35.1 Å². The normalized spacial score (nSPS) is 11.8. The third kappa shape index (κ3) is 7.10. The predicted octanol–water partition coefficient (Wildman–Crippen LogP) is 5.43. The van der Waals surface area contributed by atoms with E-state index >= 15 is 0 Å². The highest BCUT2D eigenvalue weighted by atomic mass is 35.5. The summed E-state index contributed by atoms with van der Waals surface area (Å²) in [5.41, 5.74) is 1.78. The molecule has 0 fully saturated rings. The number of carbonyl (C=O) groups excluding carboxylic acids is 2. The molecule has 0 aliphatic heterocycles. The van der Waals surface area contributed by atoms with Crippen molar-refractivity contribution >= 4 is 58.4 Å². The minimum absolute atomic E-state index is 0.133. The first kappa shape index (κ1) is 23.9. The lowest BCUT2D eigenvalue weighted by Crippen LogP contribution is -2.48. The summed E-state index contributed by atoms with van der Waals surface area (Å²) in [6.45, 7) is 4.33. The Hall–Kier alpha value is -1.40. The van der Waals surface area contributed by atoms with Gasteiger partial charge in [-0.3, -0.25) is 9.59 Å². The first-order chi connectivity index (χ1) is 13.8. The summed E-state index contributed by atoms with van der Waals surface area (Å²) in [7, 11) is 0. The van der Waals surface area contributed by atoms with Gasteiger partial charge >= 0.3 is 0 Å². The molecule has 0 radical (unpaired) electrons. The van der Waals surface area contributed by atoms with Gasteiger partial charge in [-0.05, 0) is 43.2 Å². The highest BCUT2D eigenvalue weighted by Gasteiger charge is 2.25. The van der Waals surface area contributed by atoms with Crippen molar-refractivity contribution in [1.82, 2.24) is 10.2 Å². The lowest BCUT2D eigenvalue weighted by molar-refractivity contribution is -0.138. The summed E-state index contributed by atoms with van der Waals surface area (Å²) < 4.78 is 0. The van der Waals surface area contributed by atoms with Crippen molar-refractivity contribution in [3.05, 3.63) is 68.7 Å². The van der Waals surface area contributed by atoms with E-state index in [4.69, 9.17) is 34.8 Å². The molecular formula is C21H23Cl3N2O2S. The largest absolute Gasteiger partial charge is 0.355 e. The Kier molecular flexibility index (Phi) is 9.63. The number of benzene rings is 2. The molecule has 0 bridgehead atoms. The molecule has 1 N–H and O–H groups in total. The van der Waals surface area contributed by atoms with Crippen LogP contribution < -0.4 is 5.32 Å². The maximum atomic E-state index is 13.0. The van der Waals surface area contributed by atoms with E-state index in [-0.39, 0.29) is 24.1 Å². The molecule has 0 aliphatic rings. The van der Waals surface area contributed by atoms with Crippen molar-refractivity contribution in [2.45, 2.75) is 32.2 Å². The summed E-state index contributed by atoms with van der Waals surface area (Å²) in [6, 6.07) is 12.1. The van der Waals surface area contributed by atoms with Crippen LogP contribution in [0.4, 0.5) is 0 Å². The van der Waals surface area contributed by atoms with Gasteiger partial charge in [0.2, 0.25) is 11.8 Å². The third-order valence-corrected chi connectivity index (χ3v) is 6.37. The van der Waals surface area contributed by atoms with Gasteiger partial charge in [-0.25, -0.2) is 0 Å². The first-order valence-corrected chi connectivity index (χ1v) is 11.4. The van der Waals surface area contributed by atoms with Gasteiger partial charge in [0.25, 0.3) is 0 Å². The van der Waals surface area contributed by atoms with Gasteiger partial charge in [0.05, 0.1) is 15.8 Å². The highest BCUT2D eigenvalue weighted by Crippen LogP contribution is 2.25. The Balaban J connectivity index is 2.10. The number of nitrogens with one attached hydrogen (secondary N) is 1.